The maximum atomic E-state index is 12.4. The van der Waals surface area contributed by atoms with E-state index in [4.69, 9.17) is 5.11 Å². The van der Waals surface area contributed by atoms with Crippen LogP contribution in [0.15, 0.2) is 29.2 Å². The van der Waals surface area contributed by atoms with Gasteiger partial charge in [-0.2, -0.15) is 8.78 Å². The molecule has 0 spiro atoms. The van der Waals surface area contributed by atoms with Crippen molar-refractivity contribution in [1.82, 2.24) is 4.90 Å². The SMILES string of the molecule is CCN(CC(=O)O)C(=O)Nc1ccccc1SC(F)F. The number of amides is 2. The topological polar surface area (TPSA) is 69.6 Å². The molecule has 0 saturated heterocycles. The van der Waals surface area contributed by atoms with Gasteiger partial charge in [0.25, 0.3) is 5.76 Å². The highest BCUT2D eigenvalue weighted by Crippen LogP contribution is 2.31. The molecule has 0 aliphatic carbocycles. The third kappa shape index (κ3) is 5.04. The number of para-hydroxylation sites is 1. The van der Waals surface area contributed by atoms with Crippen LogP contribution in [-0.4, -0.2) is 40.9 Å². The normalized spacial score (nSPS) is 10.4. The van der Waals surface area contributed by atoms with E-state index in [0.29, 0.717) is 11.8 Å². The van der Waals surface area contributed by atoms with Gasteiger partial charge in [-0.1, -0.05) is 23.9 Å². The van der Waals surface area contributed by atoms with E-state index in [9.17, 15) is 18.4 Å². The van der Waals surface area contributed by atoms with E-state index >= 15 is 0 Å². The van der Waals surface area contributed by atoms with E-state index in [1.165, 1.54) is 12.1 Å². The average molecular weight is 304 g/mol. The van der Waals surface area contributed by atoms with Crippen molar-refractivity contribution in [3.05, 3.63) is 24.3 Å². The molecular formula is C12H14F2N2O3S. The minimum Gasteiger partial charge on any atom is -0.480 e. The van der Waals surface area contributed by atoms with Crippen molar-refractivity contribution in [1.29, 1.82) is 0 Å². The quantitative estimate of drug-likeness (QED) is 0.793. The Morgan fingerprint density at radius 1 is 1.40 bits per heavy atom. The van der Waals surface area contributed by atoms with Crippen LogP contribution in [0.5, 0.6) is 0 Å². The molecule has 0 aromatic heterocycles. The van der Waals surface area contributed by atoms with E-state index in [0.717, 1.165) is 4.90 Å². The van der Waals surface area contributed by atoms with Gasteiger partial charge in [0, 0.05) is 11.4 Å². The molecule has 0 heterocycles. The Hall–Kier alpha value is -1.83. The van der Waals surface area contributed by atoms with Gasteiger partial charge in [0.05, 0.1) is 5.69 Å². The molecule has 110 valence electrons. The lowest BCUT2D eigenvalue weighted by molar-refractivity contribution is -0.137. The fourth-order valence-electron chi connectivity index (χ4n) is 1.45. The van der Waals surface area contributed by atoms with Gasteiger partial charge >= 0.3 is 12.0 Å². The first-order chi connectivity index (χ1) is 9.43. The number of carboxylic acid groups (broad SMARTS) is 1. The maximum Gasteiger partial charge on any atom is 0.323 e. The number of rotatable bonds is 6. The molecule has 20 heavy (non-hydrogen) atoms. The zero-order chi connectivity index (χ0) is 15.1. The summed E-state index contributed by atoms with van der Waals surface area (Å²) >= 11 is 0.317. The molecule has 1 rings (SSSR count). The molecule has 0 bridgehead atoms. The molecule has 8 heteroatoms. The number of hydrogen-bond acceptors (Lipinski definition) is 3. The number of urea groups is 1. The largest absolute Gasteiger partial charge is 0.480 e. The maximum absolute atomic E-state index is 12.4. The number of likely N-dealkylation sites (N-methyl/N-ethyl adjacent to an activating group) is 1. The van der Waals surface area contributed by atoms with E-state index in [-0.39, 0.29) is 17.1 Å². The van der Waals surface area contributed by atoms with E-state index < -0.39 is 24.3 Å². The lowest BCUT2D eigenvalue weighted by atomic mass is 10.3. The highest BCUT2D eigenvalue weighted by molar-refractivity contribution is 7.99. The summed E-state index contributed by atoms with van der Waals surface area (Å²) in [5.74, 6) is -3.74. The number of carbonyl (C=O) groups is 2. The summed E-state index contributed by atoms with van der Waals surface area (Å²) in [6, 6.07) is 5.47. The Morgan fingerprint density at radius 2 is 2.05 bits per heavy atom. The molecule has 0 fully saturated rings. The molecule has 2 N–H and O–H groups in total. The van der Waals surface area contributed by atoms with Gasteiger partial charge in [-0.25, -0.2) is 4.79 Å². The second-order valence-electron chi connectivity index (χ2n) is 3.71. The van der Waals surface area contributed by atoms with Crippen molar-refractivity contribution in [3.8, 4) is 0 Å². The van der Waals surface area contributed by atoms with Crippen LogP contribution in [-0.2, 0) is 4.79 Å². The van der Waals surface area contributed by atoms with Gasteiger partial charge in [0.2, 0.25) is 0 Å². The molecule has 0 saturated carbocycles. The highest BCUT2D eigenvalue weighted by Gasteiger charge is 2.17. The Labute approximate surface area is 119 Å². The highest BCUT2D eigenvalue weighted by atomic mass is 32.2. The number of alkyl halides is 2. The lowest BCUT2D eigenvalue weighted by Crippen LogP contribution is -2.38. The number of halogens is 2. The van der Waals surface area contributed by atoms with Crippen LogP contribution in [0.25, 0.3) is 0 Å². The van der Waals surface area contributed by atoms with Gasteiger partial charge in [-0.3, -0.25) is 4.79 Å². The van der Waals surface area contributed by atoms with Gasteiger partial charge in [-0.15, -0.1) is 0 Å². The molecule has 2 amide bonds. The van der Waals surface area contributed by atoms with Crippen LogP contribution in [0.2, 0.25) is 0 Å². The minimum atomic E-state index is -2.60. The summed E-state index contributed by atoms with van der Waals surface area (Å²) < 4.78 is 24.8. The summed E-state index contributed by atoms with van der Waals surface area (Å²) in [6.07, 6.45) is 0. The number of thioether (sulfide) groups is 1. The average Bonchev–Trinajstić information content (AvgIpc) is 2.37. The summed E-state index contributed by atoms with van der Waals surface area (Å²) in [5.41, 5.74) is 0.228. The summed E-state index contributed by atoms with van der Waals surface area (Å²) in [5, 5.41) is 11.1. The Kier molecular flexibility index (Phi) is 6.23. The molecule has 5 nitrogen and oxygen atoms in total. The molecule has 0 aliphatic rings. The van der Waals surface area contributed by atoms with E-state index in [1.807, 2.05) is 0 Å². The molecule has 1 aromatic rings. The molecule has 0 unspecified atom stereocenters. The van der Waals surface area contributed by atoms with Gasteiger partial charge in [0.1, 0.15) is 6.54 Å². The zero-order valence-electron chi connectivity index (χ0n) is 10.7. The summed E-state index contributed by atoms with van der Waals surface area (Å²) in [7, 11) is 0. The van der Waals surface area contributed by atoms with Crippen LogP contribution < -0.4 is 5.32 Å². The van der Waals surface area contributed by atoms with Crippen LogP contribution in [0.1, 0.15) is 6.92 Å². The number of anilines is 1. The first kappa shape index (κ1) is 16.2. The number of carbonyl (C=O) groups excluding carboxylic acids is 1. The predicted molar refractivity (Wildman–Crippen MR) is 72.2 cm³/mol. The zero-order valence-corrected chi connectivity index (χ0v) is 11.5. The summed E-state index contributed by atoms with van der Waals surface area (Å²) in [6.45, 7) is 1.37. The number of nitrogens with one attached hydrogen (secondary N) is 1. The first-order valence-corrected chi connectivity index (χ1v) is 6.63. The van der Waals surface area contributed by atoms with Gasteiger partial charge in [0.15, 0.2) is 0 Å². The molecule has 0 radical (unpaired) electrons. The van der Waals surface area contributed by atoms with Gasteiger partial charge < -0.3 is 15.3 Å². The third-order valence-corrected chi connectivity index (χ3v) is 3.13. The number of nitrogens with zero attached hydrogens (tertiary/aromatic N) is 1. The Bertz CT molecular complexity index is 486. The lowest BCUT2D eigenvalue weighted by Gasteiger charge is -2.20. The number of hydrogen-bond donors (Lipinski definition) is 2. The minimum absolute atomic E-state index is 0.197. The van der Waals surface area contributed by atoms with Crippen molar-refractivity contribution < 1.29 is 23.5 Å². The van der Waals surface area contributed by atoms with Crippen LogP contribution in [0.3, 0.4) is 0 Å². The Morgan fingerprint density at radius 3 is 2.60 bits per heavy atom. The number of aliphatic carboxylic acids is 1. The van der Waals surface area contributed by atoms with E-state index in [1.54, 1.807) is 19.1 Å². The predicted octanol–water partition coefficient (Wildman–Crippen LogP) is 2.94. The third-order valence-electron chi connectivity index (χ3n) is 2.34. The van der Waals surface area contributed by atoms with Crippen LogP contribution in [0, 0.1) is 0 Å². The number of benzene rings is 1. The second-order valence-corrected chi connectivity index (χ2v) is 4.74. The van der Waals surface area contributed by atoms with Crippen molar-refractivity contribution in [2.24, 2.45) is 0 Å². The molecular weight excluding hydrogens is 290 g/mol. The summed E-state index contributed by atoms with van der Waals surface area (Å²) in [4.78, 5) is 23.8. The van der Waals surface area contributed by atoms with Crippen LogP contribution >= 0.6 is 11.8 Å². The molecule has 0 atom stereocenters. The standard InChI is InChI=1S/C12H14F2N2O3S/c1-2-16(7-10(17)18)12(19)15-8-5-3-4-6-9(8)20-11(13)14/h3-6,11H,2,7H2,1H3,(H,15,19)(H,17,18). The number of carboxylic acids is 1. The first-order valence-electron chi connectivity index (χ1n) is 5.75. The van der Waals surface area contributed by atoms with Crippen molar-refractivity contribution in [2.75, 3.05) is 18.4 Å². The van der Waals surface area contributed by atoms with Crippen molar-refractivity contribution in [3.63, 3.8) is 0 Å². The fourth-order valence-corrected chi connectivity index (χ4v) is 2.05. The second kappa shape index (κ2) is 7.68. The monoisotopic (exact) mass is 304 g/mol. The fraction of sp³-hybridized carbons (Fsp3) is 0.333. The Balaban J connectivity index is 2.81. The smallest absolute Gasteiger partial charge is 0.323 e. The van der Waals surface area contributed by atoms with E-state index in [2.05, 4.69) is 5.32 Å². The van der Waals surface area contributed by atoms with Crippen LogP contribution in [0.4, 0.5) is 19.3 Å². The van der Waals surface area contributed by atoms with Crippen molar-refractivity contribution in [2.45, 2.75) is 17.6 Å². The molecule has 1 aromatic carbocycles. The van der Waals surface area contributed by atoms with Gasteiger partial charge in [-0.05, 0) is 19.1 Å². The van der Waals surface area contributed by atoms with Crippen molar-refractivity contribution >= 4 is 29.4 Å². The molecule has 0 aliphatic heterocycles.